The number of hydrogen-bond donors (Lipinski definition) is 0. The Balaban J connectivity index is 2.51. The lowest BCUT2D eigenvalue weighted by Gasteiger charge is -2.11. The Hall–Kier alpha value is -1.52. The molecule has 0 radical (unpaired) electrons. The maximum absolute atomic E-state index is 12.5. The van der Waals surface area contributed by atoms with Crippen LogP contribution in [0.25, 0.3) is 11.0 Å². The summed E-state index contributed by atoms with van der Waals surface area (Å²) in [6, 6.07) is 6.92. The van der Waals surface area contributed by atoms with Crippen LogP contribution in [-0.4, -0.2) is 15.7 Å². The molecule has 0 atom stereocenters. The van der Waals surface area contributed by atoms with Crippen molar-refractivity contribution in [2.45, 2.75) is 32.5 Å². The molecule has 0 unspecified atom stereocenters. The van der Waals surface area contributed by atoms with Gasteiger partial charge < -0.3 is 4.57 Å². The molecular formula is C12H13F3N2. The third-order valence-corrected chi connectivity index (χ3v) is 2.54. The first-order valence-corrected chi connectivity index (χ1v) is 5.52. The highest BCUT2D eigenvalue weighted by molar-refractivity contribution is 5.75. The predicted molar refractivity (Wildman–Crippen MR) is 59.8 cm³/mol. The molecule has 0 fully saturated rings. The molecule has 1 heterocycles. The fourth-order valence-electron chi connectivity index (χ4n) is 1.90. The van der Waals surface area contributed by atoms with Crippen molar-refractivity contribution in [1.29, 1.82) is 0 Å². The summed E-state index contributed by atoms with van der Waals surface area (Å²) >= 11 is 0. The average molecular weight is 242 g/mol. The molecule has 1 aromatic carbocycles. The third kappa shape index (κ3) is 2.60. The highest BCUT2D eigenvalue weighted by Gasteiger charge is 2.29. The smallest absolute Gasteiger partial charge is 0.319 e. The number of aryl methyl sites for hydroxylation is 1. The van der Waals surface area contributed by atoms with Gasteiger partial charge in [0.15, 0.2) is 0 Å². The summed E-state index contributed by atoms with van der Waals surface area (Å²) in [5, 5.41) is 0. The molecule has 0 bridgehead atoms. The van der Waals surface area contributed by atoms with Crippen molar-refractivity contribution in [1.82, 2.24) is 9.55 Å². The van der Waals surface area contributed by atoms with Crippen molar-refractivity contribution >= 4 is 11.0 Å². The summed E-state index contributed by atoms with van der Waals surface area (Å²) in [6.45, 7) is 0.958. The van der Waals surface area contributed by atoms with Gasteiger partial charge in [0.2, 0.25) is 0 Å². The highest BCUT2D eigenvalue weighted by Crippen LogP contribution is 2.24. The Morgan fingerprint density at radius 2 is 1.94 bits per heavy atom. The molecule has 2 aromatic rings. The maximum Gasteiger partial charge on any atom is 0.406 e. The Bertz CT molecular complexity index is 514. The maximum atomic E-state index is 12.5. The Kier molecular flexibility index (Phi) is 3.09. The van der Waals surface area contributed by atoms with Crippen molar-refractivity contribution < 1.29 is 13.2 Å². The minimum absolute atomic E-state index is 0.506. The van der Waals surface area contributed by atoms with E-state index in [-0.39, 0.29) is 0 Å². The number of rotatable bonds is 3. The first kappa shape index (κ1) is 12.0. The predicted octanol–water partition coefficient (Wildman–Crippen LogP) is 3.55. The second kappa shape index (κ2) is 4.39. The largest absolute Gasteiger partial charge is 0.406 e. The molecule has 2 nitrogen and oxygen atoms in total. The van der Waals surface area contributed by atoms with Gasteiger partial charge in [0.25, 0.3) is 0 Å². The van der Waals surface area contributed by atoms with Gasteiger partial charge >= 0.3 is 6.18 Å². The van der Waals surface area contributed by atoms with E-state index >= 15 is 0 Å². The van der Waals surface area contributed by atoms with Crippen LogP contribution < -0.4 is 0 Å². The van der Waals surface area contributed by atoms with Gasteiger partial charge in [-0.05, 0) is 18.6 Å². The summed E-state index contributed by atoms with van der Waals surface area (Å²) in [6.07, 6.45) is -2.88. The van der Waals surface area contributed by atoms with Crippen molar-refractivity contribution in [2.24, 2.45) is 0 Å². The van der Waals surface area contributed by atoms with E-state index in [1.54, 1.807) is 24.3 Å². The topological polar surface area (TPSA) is 17.8 Å². The van der Waals surface area contributed by atoms with Crippen LogP contribution in [0.2, 0.25) is 0 Å². The summed E-state index contributed by atoms with van der Waals surface area (Å²) in [4.78, 5) is 4.25. The third-order valence-electron chi connectivity index (χ3n) is 2.54. The second-order valence-corrected chi connectivity index (χ2v) is 3.97. The number of hydrogen-bond acceptors (Lipinski definition) is 1. The molecule has 0 aliphatic carbocycles. The van der Waals surface area contributed by atoms with Crippen LogP contribution in [0.15, 0.2) is 24.3 Å². The first-order chi connectivity index (χ1) is 8.01. The molecule has 2 rings (SSSR count). The molecule has 0 N–H and O–H groups in total. The number of imidazole rings is 1. The average Bonchev–Trinajstić information content (AvgIpc) is 2.56. The number of alkyl halides is 3. The lowest BCUT2D eigenvalue weighted by atomic mass is 10.3. The zero-order chi connectivity index (χ0) is 12.5. The van der Waals surface area contributed by atoms with Gasteiger partial charge in [0.05, 0.1) is 11.0 Å². The monoisotopic (exact) mass is 242 g/mol. The molecule has 92 valence electrons. The highest BCUT2D eigenvalue weighted by atomic mass is 19.4. The first-order valence-electron chi connectivity index (χ1n) is 5.52. The lowest BCUT2D eigenvalue weighted by Crippen LogP contribution is -2.19. The van der Waals surface area contributed by atoms with Crippen LogP contribution in [0.3, 0.4) is 0 Å². The summed E-state index contributed by atoms with van der Waals surface area (Å²) in [5.41, 5.74) is 1.17. The fraction of sp³-hybridized carbons (Fsp3) is 0.417. The van der Waals surface area contributed by atoms with Gasteiger partial charge in [-0.3, -0.25) is 0 Å². The van der Waals surface area contributed by atoms with Crippen LogP contribution in [0.1, 0.15) is 19.2 Å². The molecule has 0 aliphatic rings. The standard InChI is InChI=1S/C12H13F3N2/c1-2-5-11-16-9-6-3-4-7-10(9)17(11)8-12(13,14)15/h3-4,6-7H,2,5,8H2,1H3. The molecule has 0 aliphatic heterocycles. The number of nitrogens with zero attached hydrogens (tertiary/aromatic N) is 2. The second-order valence-electron chi connectivity index (χ2n) is 3.97. The molecule has 1 aromatic heterocycles. The van der Waals surface area contributed by atoms with E-state index < -0.39 is 12.7 Å². The lowest BCUT2D eigenvalue weighted by molar-refractivity contribution is -0.140. The van der Waals surface area contributed by atoms with Crippen LogP contribution in [0.4, 0.5) is 13.2 Å². The Morgan fingerprint density at radius 1 is 1.24 bits per heavy atom. The zero-order valence-electron chi connectivity index (χ0n) is 9.46. The quantitative estimate of drug-likeness (QED) is 0.804. The Labute approximate surface area is 97.1 Å². The minimum Gasteiger partial charge on any atom is -0.319 e. The number of para-hydroxylation sites is 2. The van der Waals surface area contributed by atoms with E-state index in [0.29, 0.717) is 23.3 Å². The van der Waals surface area contributed by atoms with Crippen molar-refractivity contribution in [3.63, 3.8) is 0 Å². The van der Waals surface area contributed by atoms with Gasteiger partial charge in [-0.25, -0.2) is 4.98 Å². The van der Waals surface area contributed by atoms with Crippen LogP contribution in [-0.2, 0) is 13.0 Å². The summed E-state index contributed by atoms with van der Waals surface area (Å²) in [7, 11) is 0. The molecular weight excluding hydrogens is 229 g/mol. The van der Waals surface area contributed by atoms with Crippen LogP contribution in [0, 0.1) is 0 Å². The number of fused-ring (bicyclic) bond motifs is 1. The number of benzene rings is 1. The molecule has 0 saturated heterocycles. The number of aromatic nitrogens is 2. The van der Waals surface area contributed by atoms with E-state index in [1.165, 1.54) is 4.57 Å². The fourth-order valence-corrected chi connectivity index (χ4v) is 1.90. The van der Waals surface area contributed by atoms with Gasteiger partial charge in [-0.15, -0.1) is 0 Å². The van der Waals surface area contributed by atoms with Crippen molar-refractivity contribution in [3.8, 4) is 0 Å². The van der Waals surface area contributed by atoms with Crippen LogP contribution in [0.5, 0.6) is 0 Å². The Morgan fingerprint density at radius 3 is 2.59 bits per heavy atom. The normalized spacial score (nSPS) is 12.2. The van der Waals surface area contributed by atoms with E-state index in [9.17, 15) is 13.2 Å². The van der Waals surface area contributed by atoms with Crippen molar-refractivity contribution in [3.05, 3.63) is 30.1 Å². The summed E-state index contributed by atoms with van der Waals surface area (Å²) in [5.74, 6) is 0.506. The van der Waals surface area contributed by atoms with Crippen molar-refractivity contribution in [2.75, 3.05) is 0 Å². The molecule has 0 amide bonds. The van der Waals surface area contributed by atoms with Gasteiger partial charge in [0, 0.05) is 6.42 Å². The molecule has 17 heavy (non-hydrogen) atoms. The van der Waals surface area contributed by atoms with E-state index in [1.807, 2.05) is 6.92 Å². The van der Waals surface area contributed by atoms with Crippen LogP contribution >= 0.6 is 0 Å². The van der Waals surface area contributed by atoms with E-state index in [2.05, 4.69) is 4.98 Å². The number of halogens is 3. The SMILES string of the molecule is CCCc1nc2ccccc2n1CC(F)(F)F. The minimum atomic E-state index is -4.22. The zero-order valence-corrected chi connectivity index (χ0v) is 9.46. The van der Waals surface area contributed by atoms with E-state index in [4.69, 9.17) is 0 Å². The van der Waals surface area contributed by atoms with Gasteiger partial charge in [-0.1, -0.05) is 19.1 Å². The molecule has 0 saturated carbocycles. The molecule has 0 spiro atoms. The van der Waals surface area contributed by atoms with E-state index in [0.717, 1.165) is 6.42 Å². The molecule has 5 heteroatoms. The van der Waals surface area contributed by atoms with Gasteiger partial charge in [-0.2, -0.15) is 13.2 Å². The van der Waals surface area contributed by atoms with Gasteiger partial charge in [0.1, 0.15) is 12.4 Å². The summed E-state index contributed by atoms with van der Waals surface area (Å²) < 4.78 is 38.8.